The Hall–Kier alpha value is -3.60. The number of aromatic nitrogens is 1. The molecule has 0 radical (unpaired) electrons. The maximum absolute atomic E-state index is 12.9. The fourth-order valence-corrected chi connectivity index (χ4v) is 3.13. The Morgan fingerprint density at radius 3 is 2.34 bits per heavy atom. The van der Waals surface area contributed by atoms with Crippen molar-refractivity contribution in [2.75, 3.05) is 21.3 Å². The van der Waals surface area contributed by atoms with Crippen molar-refractivity contribution in [1.82, 2.24) is 9.88 Å². The molecule has 0 saturated heterocycles. The normalized spacial score (nSPS) is 11.8. The number of nitrogens with zero attached hydrogens (tertiary/aromatic N) is 2. The predicted molar refractivity (Wildman–Crippen MR) is 114 cm³/mol. The first kappa shape index (κ1) is 20.1. The molecule has 1 aromatic heterocycles. The van der Waals surface area contributed by atoms with Crippen molar-refractivity contribution in [2.45, 2.75) is 6.04 Å². The Morgan fingerprint density at radius 2 is 1.69 bits per heavy atom. The van der Waals surface area contributed by atoms with Crippen LogP contribution in [0.5, 0.6) is 11.5 Å². The highest BCUT2D eigenvalue weighted by molar-refractivity contribution is 5.92. The second kappa shape index (κ2) is 9.55. The van der Waals surface area contributed by atoms with Gasteiger partial charge in [-0.25, -0.2) is 0 Å². The van der Waals surface area contributed by atoms with E-state index >= 15 is 0 Å². The minimum absolute atomic E-state index is 0.126. The highest BCUT2D eigenvalue weighted by atomic mass is 16.5. The molecule has 0 spiro atoms. The number of benzene rings is 2. The number of hydrogen-bond acceptors (Lipinski definition) is 4. The fourth-order valence-electron chi connectivity index (χ4n) is 3.13. The number of carbonyl (C=O) groups is 1. The minimum atomic E-state index is -0.278. The Bertz CT molecular complexity index is 932. The van der Waals surface area contributed by atoms with Gasteiger partial charge in [-0.1, -0.05) is 42.5 Å². The summed E-state index contributed by atoms with van der Waals surface area (Å²) in [5.41, 5.74) is 2.66. The number of pyridine rings is 1. The molecule has 1 unspecified atom stereocenters. The molecule has 148 valence electrons. The molecule has 0 bridgehead atoms. The van der Waals surface area contributed by atoms with E-state index in [1.54, 1.807) is 44.5 Å². The lowest BCUT2D eigenvalue weighted by Crippen LogP contribution is -2.31. The van der Waals surface area contributed by atoms with E-state index in [1.807, 2.05) is 66.7 Å². The van der Waals surface area contributed by atoms with Crippen LogP contribution in [0, 0.1) is 0 Å². The number of likely N-dealkylation sites (N-methyl/N-ethyl adjacent to an activating group) is 1. The van der Waals surface area contributed by atoms with Gasteiger partial charge in [-0.3, -0.25) is 9.78 Å². The number of ether oxygens (including phenoxy) is 2. The van der Waals surface area contributed by atoms with E-state index in [0.29, 0.717) is 11.5 Å². The molecule has 0 aliphatic rings. The van der Waals surface area contributed by atoms with Crippen LogP contribution >= 0.6 is 0 Å². The number of amides is 1. The SMILES string of the molecule is COc1ccc(/C=C/C(=O)N(C)C(c2ccccc2)c2ccccn2)cc1OC. The van der Waals surface area contributed by atoms with Gasteiger partial charge in [-0.2, -0.15) is 0 Å². The van der Waals surface area contributed by atoms with Crippen LogP contribution in [-0.2, 0) is 4.79 Å². The van der Waals surface area contributed by atoms with Gasteiger partial charge < -0.3 is 14.4 Å². The van der Waals surface area contributed by atoms with E-state index in [0.717, 1.165) is 16.8 Å². The average molecular weight is 388 g/mol. The molecule has 5 nitrogen and oxygen atoms in total. The fraction of sp³-hybridized carbons (Fsp3) is 0.167. The third-order valence-electron chi connectivity index (χ3n) is 4.64. The Kier molecular flexibility index (Phi) is 6.63. The molecule has 0 aliphatic carbocycles. The first-order valence-corrected chi connectivity index (χ1v) is 9.27. The maximum Gasteiger partial charge on any atom is 0.247 e. The summed E-state index contributed by atoms with van der Waals surface area (Å²) in [6.45, 7) is 0. The average Bonchev–Trinajstić information content (AvgIpc) is 2.78. The minimum Gasteiger partial charge on any atom is -0.493 e. The van der Waals surface area contributed by atoms with Crippen LogP contribution in [0.3, 0.4) is 0 Å². The Morgan fingerprint density at radius 1 is 0.966 bits per heavy atom. The summed E-state index contributed by atoms with van der Waals surface area (Å²) < 4.78 is 10.6. The van der Waals surface area contributed by atoms with Crippen molar-refractivity contribution in [1.29, 1.82) is 0 Å². The van der Waals surface area contributed by atoms with Crippen LogP contribution in [0.4, 0.5) is 0 Å². The maximum atomic E-state index is 12.9. The van der Waals surface area contributed by atoms with Crippen LogP contribution in [0.1, 0.15) is 22.9 Å². The monoisotopic (exact) mass is 388 g/mol. The van der Waals surface area contributed by atoms with Crippen LogP contribution in [0.15, 0.2) is 79.0 Å². The summed E-state index contributed by atoms with van der Waals surface area (Å²) in [6.07, 6.45) is 5.06. The highest BCUT2D eigenvalue weighted by Crippen LogP contribution is 2.29. The van der Waals surface area contributed by atoms with Crippen molar-refractivity contribution < 1.29 is 14.3 Å². The zero-order valence-corrected chi connectivity index (χ0v) is 16.8. The van der Waals surface area contributed by atoms with Gasteiger partial charge in [0.2, 0.25) is 5.91 Å². The third-order valence-corrected chi connectivity index (χ3v) is 4.64. The zero-order chi connectivity index (χ0) is 20.6. The summed E-state index contributed by atoms with van der Waals surface area (Å²) in [7, 11) is 4.96. The lowest BCUT2D eigenvalue weighted by molar-refractivity contribution is -0.126. The van der Waals surface area contributed by atoms with E-state index in [9.17, 15) is 4.79 Å². The number of methoxy groups -OCH3 is 2. The van der Waals surface area contributed by atoms with Crippen LogP contribution in [-0.4, -0.2) is 37.1 Å². The van der Waals surface area contributed by atoms with Gasteiger partial charge in [-0.05, 0) is 41.5 Å². The lowest BCUT2D eigenvalue weighted by atomic mass is 10.0. The molecule has 0 saturated carbocycles. The molecule has 3 rings (SSSR count). The molecule has 2 aromatic carbocycles. The van der Waals surface area contributed by atoms with Gasteiger partial charge in [0, 0.05) is 19.3 Å². The Balaban J connectivity index is 1.85. The van der Waals surface area contributed by atoms with Crippen molar-refractivity contribution in [3.63, 3.8) is 0 Å². The topological polar surface area (TPSA) is 51.7 Å². The van der Waals surface area contributed by atoms with Gasteiger partial charge in [0.15, 0.2) is 11.5 Å². The van der Waals surface area contributed by atoms with E-state index in [1.165, 1.54) is 0 Å². The molecule has 0 N–H and O–H groups in total. The number of carbonyl (C=O) groups excluding carboxylic acids is 1. The second-order valence-corrected chi connectivity index (χ2v) is 6.46. The Labute approximate surface area is 171 Å². The van der Waals surface area contributed by atoms with Gasteiger partial charge in [0.1, 0.15) is 0 Å². The molecular weight excluding hydrogens is 364 g/mol. The molecule has 29 heavy (non-hydrogen) atoms. The summed E-state index contributed by atoms with van der Waals surface area (Å²) in [6, 6.07) is 20.8. The molecule has 1 heterocycles. The molecule has 3 aromatic rings. The third kappa shape index (κ3) is 4.82. The highest BCUT2D eigenvalue weighted by Gasteiger charge is 2.23. The summed E-state index contributed by atoms with van der Waals surface area (Å²) in [5.74, 6) is 1.14. The summed E-state index contributed by atoms with van der Waals surface area (Å²) >= 11 is 0. The van der Waals surface area contributed by atoms with Gasteiger partial charge in [-0.15, -0.1) is 0 Å². The van der Waals surface area contributed by atoms with E-state index in [4.69, 9.17) is 9.47 Å². The molecule has 1 amide bonds. The largest absolute Gasteiger partial charge is 0.493 e. The van der Waals surface area contributed by atoms with Crippen LogP contribution in [0.2, 0.25) is 0 Å². The first-order valence-electron chi connectivity index (χ1n) is 9.27. The number of hydrogen-bond donors (Lipinski definition) is 0. The predicted octanol–water partition coefficient (Wildman–Crippen LogP) is 4.36. The van der Waals surface area contributed by atoms with Crippen molar-refractivity contribution >= 4 is 12.0 Å². The zero-order valence-electron chi connectivity index (χ0n) is 16.8. The summed E-state index contributed by atoms with van der Waals surface area (Å²) in [5, 5.41) is 0. The standard InChI is InChI=1S/C24H24N2O3/c1-26(23(27)15-13-18-12-14-21(28-2)22(17-18)29-3)24(19-9-5-4-6-10-19)20-11-7-8-16-25-20/h4-17,24H,1-3H3/b15-13+. The van der Waals surface area contributed by atoms with Crippen molar-refractivity contribution in [2.24, 2.45) is 0 Å². The molecule has 0 fully saturated rings. The first-order chi connectivity index (χ1) is 14.1. The van der Waals surface area contributed by atoms with Crippen molar-refractivity contribution in [3.8, 4) is 11.5 Å². The molecule has 0 aliphatic heterocycles. The van der Waals surface area contributed by atoms with Gasteiger partial charge in [0.25, 0.3) is 0 Å². The van der Waals surface area contributed by atoms with E-state index < -0.39 is 0 Å². The van der Waals surface area contributed by atoms with Gasteiger partial charge >= 0.3 is 0 Å². The molecule has 5 heteroatoms. The number of rotatable bonds is 7. The van der Waals surface area contributed by atoms with E-state index in [-0.39, 0.29) is 11.9 Å². The smallest absolute Gasteiger partial charge is 0.247 e. The van der Waals surface area contributed by atoms with Crippen molar-refractivity contribution in [3.05, 3.63) is 95.8 Å². The van der Waals surface area contributed by atoms with Crippen LogP contribution in [0.25, 0.3) is 6.08 Å². The molecule has 1 atom stereocenters. The molecular formula is C24H24N2O3. The second-order valence-electron chi connectivity index (χ2n) is 6.46. The lowest BCUT2D eigenvalue weighted by Gasteiger charge is -2.27. The van der Waals surface area contributed by atoms with Gasteiger partial charge in [0.05, 0.1) is 26.0 Å². The van der Waals surface area contributed by atoms with E-state index in [2.05, 4.69) is 4.98 Å². The van der Waals surface area contributed by atoms with Crippen LogP contribution < -0.4 is 9.47 Å². The quantitative estimate of drug-likeness (QED) is 0.565. The summed E-state index contributed by atoms with van der Waals surface area (Å²) in [4.78, 5) is 19.1.